The van der Waals surface area contributed by atoms with Gasteiger partial charge in [0.05, 0.1) is 4.90 Å². The van der Waals surface area contributed by atoms with Crippen molar-refractivity contribution in [1.82, 2.24) is 4.31 Å². The number of nitrogen functional groups attached to an aromatic ring is 1. The number of nitrogens with two attached hydrogens (primary N) is 1. The van der Waals surface area contributed by atoms with Gasteiger partial charge in [-0.2, -0.15) is 4.31 Å². The molecule has 1 rings (SSSR count). The average Bonchev–Trinajstić information content (AvgIpc) is 2.30. The van der Waals surface area contributed by atoms with E-state index in [2.05, 4.69) is 15.9 Å². The van der Waals surface area contributed by atoms with Crippen LogP contribution in [0.4, 0.5) is 5.69 Å². The fourth-order valence-corrected chi connectivity index (χ4v) is 3.06. The molecule has 6 heteroatoms. The lowest BCUT2D eigenvalue weighted by molar-refractivity contribution is 0.380. The average molecular weight is 321 g/mol. The van der Waals surface area contributed by atoms with Crippen molar-refractivity contribution in [3.8, 4) is 0 Å². The van der Waals surface area contributed by atoms with Crippen LogP contribution in [0, 0.1) is 0 Å². The van der Waals surface area contributed by atoms with Crippen LogP contribution in [0.15, 0.2) is 27.6 Å². The summed E-state index contributed by atoms with van der Waals surface area (Å²) in [5.74, 6) is 0. The summed E-state index contributed by atoms with van der Waals surface area (Å²) in [5.41, 5.74) is 6.12. The smallest absolute Gasteiger partial charge is 0.243 e. The SMILES string of the molecule is CCC(C)N(C)S(=O)(=O)c1ccc(Br)c(N)c1. The molecule has 0 amide bonds. The third kappa shape index (κ3) is 3.00. The van der Waals surface area contributed by atoms with Gasteiger partial charge in [-0.05, 0) is 47.5 Å². The zero-order valence-corrected chi connectivity index (χ0v) is 12.5. The van der Waals surface area contributed by atoms with Gasteiger partial charge in [-0.1, -0.05) is 6.92 Å². The number of sulfonamides is 1. The molecule has 2 N–H and O–H groups in total. The number of benzene rings is 1. The van der Waals surface area contributed by atoms with Crippen molar-refractivity contribution in [2.75, 3.05) is 12.8 Å². The minimum Gasteiger partial charge on any atom is -0.398 e. The molecule has 17 heavy (non-hydrogen) atoms. The second kappa shape index (κ2) is 5.37. The molecule has 0 aliphatic heterocycles. The van der Waals surface area contributed by atoms with E-state index in [1.165, 1.54) is 10.4 Å². The number of rotatable bonds is 4. The summed E-state index contributed by atoms with van der Waals surface area (Å²) < 4.78 is 26.6. The molecule has 0 bridgehead atoms. The van der Waals surface area contributed by atoms with Gasteiger partial charge < -0.3 is 5.73 Å². The highest BCUT2D eigenvalue weighted by atomic mass is 79.9. The summed E-state index contributed by atoms with van der Waals surface area (Å²) in [6.45, 7) is 3.83. The van der Waals surface area contributed by atoms with E-state index in [1.54, 1.807) is 19.2 Å². The van der Waals surface area contributed by atoms with Crippen LogP contribution in [-0.2, 0) is 10.0 Å². The molecule has 96 valence electrons. The molecule has 0 spiro atoms. The van der Waals surface area contributed by atoms with Crippen LogP contribution < -0.4 is 5.73 Å². The molecule has 0 radical (unpaired) electrons. The Hall–Kier alpha value is -0.590. The van der Waals surface area contributed by atoms with Gasteiger partial charge in [-0.25, -0.2) is 8.42 Å². The lowest BCUT2D eigenvalue weighted by Crippen LogP contribution is -2.34. The van der Waals surface area contributed by atoms with Crippen LogP contribution in [0.5, 0.6) is 0 Å². The van der Waals surface area contributed by atoms with E-state index >= 15 is 0 Å². The molecular weight excluding hydrogens is 304 g/mol. The van der Waals surface area contributed by atoms with Gasteiger partial charge in [0.25, 0.3) is 0 Å². The van der Waals surface area contributed by atoms with Crippen LogP contribution in [0.2, 0.25) is 0 Å². The minimum atomic E-state index is -3.46. The highest BCUT2D eigenvalue weighted by Crippen LogP contribution is 2.25. The van der Waals surface area contributed by atoms with E-state index in [9.17, 15) is 8.42 Å². The molecule has 1 aromatic carbocycles. The number of nitrogens with zero attached hydrogens (tertiary/aromatic N) is 1. The van der Waals surface area contributed by atoms with Gasteiger partial charge in [-0.15, -0.1) is 0 Å². The fourth-order valence-electron chi connectivity index (χ4n) is 1.34. The summed E-state index contributed by atoms with van der Waals surface area (Å²) in [5, 5.41) is 0. The zero-order valence-electron chi connectivity index (χ0n) is 10.1. The first kappa shape index (κ1) is 14.5. The Morgan fingerprint density at radius 2 is 2.06 bits per heavy atom. The van der Waals surface area contributed by atoms with Crippen molar-refractivity contribution in [2.45, 2.75) is 31.2 Å². The van der Waals surface area contributed by atoms with E-state index in [4.69, 9.17) is 5.73 Å². The Balaban J connectivity index is 3.17. The lowest BCUT2D eigenvalue weighted by Gasteiger charge is -2.23. The van der Waals surface area contributed by atoms with Crippen molar-refractivity contribution in [3.63, 3.8) is 0 Å². The number of hydrogen-bond donors (Lipinski definition) is 1. The molecule has 0 fully saturated rings. The van der Waals surface area contributed by atoms with E-state index < -0.39 is 10.0 Å². The molecule has 0 heterocycles. The summed E-state index contributed by atoms with van der Waals surface area (Å²) in [6, 6.07) is 4.63. The van der Waals surface area contributed by atoms with Gasteiger partial charge in [0.15, 0.2) is 0 Å². The van der Waals surface area contributed by atoms with Gasteiger partial charge >= 0.3 is 0 Å². The highest BCUT2D eigenvalue weighted by molar-refractivity contribution is 9.10. The number of halogens is 1. The molecule has 0 aromatic heterocycles. The maximum Gasteiger partial charge on any atom is 0.243 e. The summed E-state index contributed by atoms with van der Waals surface area (Å²) in [4.78, 5) is 0.223. The quantitative estimate of drug-likeness (QED) is 0.867. The molecule has 0 saturated carbocycles. The Morgan fingerprint density at radius 3 is 2.53 bits per heavy atom. The first-order chi connectivity index (χ1) is 7.80. The monoisotopic (exact) mass is 320 g/mol. The Kier molecular flexibility index (Phi) is 4.57. The van der Waals surface area contributed by atoms with Crippen molar-refractivity contribution in [3.05, 3.63) is 22.7 Å². The molecule has 0 saturated heterocycles. The molecule has 1 unspecified atom stereocenters. The standard InChI is InChI=1S/C11H17BrN2O2S/c1-4-8(2)14(3)17(15,16)9-5-6-10(12)11(13)7-9/h5-8H,4,13H2,1-3H3. The zero-order chi connectivity index (χ0) is 13.2. The van der Waals surface area contributed by atoms with Crippen molar-refractivity contribution in [1.29, 1.82) is 0 Å². The van der Waals surface area contributed by atoms with E-state index in [1.807, 2.05) is 13.8 Å². The Labute approximate surface area is 111 Å². The summed E-state index contributed by atoms with van der Waals surface area (Å²) in [7, 11) is -1.87. The van der Waals surface area contributed by atoms with Gasteiger partial charge in [-0.3, -0.25) is 0 Å². The molecule has 1 aromatic rings. The molecule has 4 nitrogen and oxygen atoms in total. The van der Waals surface area contributed by atoms with Crippen LogP contribution in [0.25, 0.3) is 0 Å². The second-order valence-corrected chi connectivity index (χ2v) is 6.81. The first-order valence-electron chi connectivity index (χ1n) is 5.33. The molecule has 0 aliphatic carbocycles. The third-order valence-corrected chi connectivity index (χ3v) is 5.55. The first-order valence-corrected chi connectivity index (χ1v) is 7.57. The van der Waals surface area contributed by atoms with Crippen LogP contribution >= 0.6 is 15.9 Å². The van der Waals surface area contributed by atoms with E-state index in [0.717, 1.165) is 6.42 Å². The molecule has 1 atom stereocenters. The van der Waals surface area contributed by atoms with E-state index in [0.29, 0.717) is 10.2 Å². The maximum atomic E-state index is 12.3. The maximum absolute atomic E-state index is 12.3. The van der Waals surface area contributed by atoms with Crippen molar-refractivity contribution < 1.29 is 8.42 Å². The largest absolute Gasteiger partial charge is 0.398 e. The third-order valence-electron chi connectivity index (χ3n) is 2.86. The topological polar surface area (TPSA) is 63.4 Å². The molecular formula is C11H17BrN2O2S. The molecule has 0 aliphatic rings. The highest BCUT2D eigenvalue weighted by Gasteiger charge is 2.24. The van der Waals surface area contributed by atoms with E-state index in [-0.39, 0.29) is 10.9 Å². The van der Waals surface area contributed by atoms with Gasteiger partial charge in [0.1, 0.15) is 0 Å². The summed E-state index contributed by atoms with van der Waals surface area (Å²) >= 11 is 3.24. The van der Waals surface area contributed by atoms with Gasteiger partial charge in [0.2, 0.25) is 10.0 Å². The lowest BCUT2D eigenvalue weighted by atomic mass is 10.3. The summed E-state index contributed by atoms with van der Waals surface area (Å²) in [6.07, 6.45) is 0.766. The number of anilines is 1. The Morgan fingerprint density at radius 1 is 1.47 bits per heavy atom. The number of hydrogen-bond acceptors (Lipinski definition) is 3. The van der Waals surface area contributed by atoms with Crippen LogP contribution in [0.3, 0.4) is 0 Å². The van der Waals surface area contributed by atoms with Crippen molar-refractivity contribution >= 4 is 31.6 Å². The van der Waals surface area contributed by atoms with Gasteiger partial charge in [0, 0.05) is 23.2 Å². The Bertz CT molecular complexity index is 502. The predicted octanol–water partition coefficient (Wildman–Crippen LogP) is 2.45. The normalized spacial score (nSPS) is 13.9. The van der Waals surface area contributed by atoms with Crippen LogP contribution in [-0.4, -0.2) is 25.8 Å². The van der Waals surface area contributed by atoms with Crippen LogP contribution in [0.1, 0.15) is 20.3 Å². The second-order valence-electron chi connectivity index (χ2n) is 3.96. The predicted molar refractivity (Wildman–Crippen MR) is 73.3 cm³/mol. The minimum absolute atomic E-state index is 0.0372. The van der Waals surface area contributed by atoms with Crippen molar-refractivity contribution in [2.24, 2.45) is 0 Å². The fraction of sp³-hybridized carbons (Fsp3) is 0.455.